The smallest absolute Gasteiger partial charge is 0.263 e. The molecule has 0 fully saturated rings. The van der Waals surface area contributed by atoms with E-state index < -0.39 is 0 Å². The molecule has 0 aliphatic carbocycles. The molecule has 1 amide bonds. The van der Waals surface area contributed by atoms with Gasteiger partial charge in [0.15, 0.2) is 11.5 Å². The predicted octanol–water partition coefficient (Wildman–Crippen LogP) is 3.96. The molecule has 1 aromatic heterocycles. The lowest BCUT2D eigenvalue weighted by atomic mass is 9.98. The van der Waals surface area contributed by atoms with Gasteiger partial charge < -0.3 is 19.5 Å². The third-order valence-corrected chi connectivity index (χ3v) is 5.33. The van der Waals surface area contributed by atoms with Gasteiger partial charge >= 0.3 is 0 Å². The summed E-state index contributed by atoms with van der Waals surface area (Å²) in [6.07, 6.45) is 1.63. The van der Waals surface area contributed by atoms with Crippen LogP contribution in [-0.2, 0) is 5.41 Å². The number of nitrogens with one attached hydrogen (secondary N) is 1. The van der Waals surface area contributed by atoms with E-state index in [4.69, 9.17) is 14.2 Å². The molecule has 2 rings (SSSR count). The zero-order valence-corrected chi connectivity index (χ0v) is 17.1. The molecule has 1 unspecified atom stereocenters. The molecule has 0 spiro atoms. The number of methoxy groups -OCH3 is 3. The number of thiazole rings is 1. The number of amides is 1. The maximum atomic E-state index is 12.6. The van der Waals surface area contributed by atoms with Crippen molar-refractivity contribution in [2.24, 2.45) is 0 Å². The predicted molar refractivity (Wildman–Crippen MR) is 103 cm³/mol. The number of hydrogen-bond donors (Lipinski definition) is 1. The lowest BCUT2D eigenvalue weighted by Gasteiger charge is -2.18. The van der Waals surface area contributed by atoms with Crippen LogP contribution in [0.4, 0.5) is 0 Å². The second-order valence-corrected chi connectivity index (χ2v) is 7.96. The van der Waals surface area contributed by atoms with Crippen molar-refractivity contribution in [3.8, 4) is 17.2 Å². The first-order chi connectivity index (χ1) is 12.2. The molecule has 142 valence electrons. The monoisotopic (exact) mass is 378 g/mol. The van der Waals surface area contributed by atoms with Crippen LogP contribution in [-0.4, -0.2) is 32.2 Å². The number of benzene rings is 1. The SMILES string of the molecule is COc1cc(C(C)NC(=O)c2cnc(C(C)(C)C)s2)cc(OC)c1OC. The molecule has 6 nitrogen and oxygen atoms in total. The molecule has 0 bridgehead atoms. The van der Waals surface area contributed by atoms with Crippen LogP contribution in [0.3, 0.4) is 0 Å². The molecule has 0 saturated carbocycles. The molecule has 26 heavy (non-hydrogen) atoms. The molecular formula is C19H26N2O4S. The molecule has 0 saturated heterocycles. The summed E-state index contributed by atoms with van der Waals surface area (Å²) in [6.45, 7) is 8.13. The number of carbonyl (C=O) groups excluding carboxylic acids is 1. The van der Waals surface area contributed by atoms with Gasteiger partial charge in [-0.05, 0) is 24.6 Å². The Morgan fingerprint density at radius 2 is 1.69 bits per heavy atom. The van der Waals surface area contributed by atoms with E-state index in [0.717, 1.165) is 10.6 Å². The van der Waals surface area contributed by atoms with Gasteiger partial charge in [-0.3, -0.25) is 4.79 Å². The van der Waals surface area contributed by atoms with Gasteiger partial charge in [-0.1, -0.05) is 20.8 Å². The zero-order chi connectivity index (χ0) is 19.5. The lowest BCUT2D eigenvalue weighted by molar-refractivity contribution is 0.0943. The van der Waals surface area contributed by atoms with Crippen LogP contribution >= 0.6 is 11.3 Å². The van der Waals surface area contributed by atoms with Gasteiger partial charge in [0.2, 0.25) is 5.75 Å². The largest absolute Gasteiger partial charge is 0.493 e. The van der Waals surface area contributed by atoms with Crippen molar-refractivity contribution in [3.63, 3.8) is 0 Å². The van der Waals surface area contributed by atoms with Gasteiger partial charge in [-0.15, -0.1) is 11.3 Å². The van der Waals surface area contributed by atoms with Crippen molar-refractivity contribution in [3.05, 3.63) is 33.8 Å². The molecule has 7 heteroatoms. The summed E-state index contributed by atoms with van der Waals surface area (Å²) in [6, 6.07) is 3.43. The van der Waals surface area contributed by atoms with Gasteiger partial charge in [0.1, 0.15) is 4.88 Å². The van der Waals surface area contributed by atoms with Crippen molar-refractivity contribution in [1.82, 2.24) is 10.3 Å². The van der Waals surface area contributed by atoms with E-state index in [2.05, 4.69) is 31.1 Å². The average Bonchev–Trinajstić information content (AvgIpc) is 3.10. The summed E-state index contributed by atoms with van der Waals surface area (Å²) < 4.78 is 16.1. The van der Waals surface area contributed by atoms with Gasteiger partial charge in [-0.2, -0.15) is 0 Å². The molecule has 1 heterocycles. The highest BCUT2D eigenvalue weighted by Gasteiger charge is 2.22. The van der Waals surface area contributed by atoms with Crippen molar-refractivity contribution in [2.45, 2.75) is 39.2 Å². The fourth-order valence-corrected chi connectivity index (χ4v) is 3.31. The van der Waals surface area contributed by atoms with E-state index in [9.17, 15) is 4.79 Å². The second-order valence-electron chi connectivity index (χ2n) is 6.93. The van der Waals surface area contributed by atoms with Crippen LogP contribution in [0.2, 0.25) is 0 Å². The highest BCUT2D eigenvalue weighted by molar-refractivity contribution is 7.13. The van der Waals surface area contributed by atoms with Crippen LogP contribution in [0, 0.1) is 0 Å². The number of rotatable bonds is 6. The first-order valence-corrected chi connectivity index (χ1v) is 9.10. The maximum absolute atomic E-state index is 12.6. The number of hydrogen-bond acceptors (Lipinski definition) is 6. The number of carbonyl (C=O) groups is 1. The molecule has 0 aliphatic rings. The van der Waals surface area contributed by atoms with Crippen LogP contribution in [0.15, 0.2) is 18.3 Å². The molecule has 0 aliphatic heterocycles. The molecule has 2 aromatic rings. The number of aromatic nitrogens is 1. The van der Waals surface area contributed by atoms with Crippen molar-refractivity contribution in [2.75, 3.05) is 21.3 Å². The highest BCUT2D eigenvalue weighted by Crippen LogP contribution is 2.39. The summed E-state index contributed by atoms with van der Waals surface area (Å²) in [7, 11) is 4.69. The summed E-state index contributed by atoms with van der Waals surface area (Å²) in [4.78, 5) is 17.5. The van der Waals surface area contributed by atoms with Gasteiger partial charge in [0, 0.05) is 5.41 Å². The minimum Gasteiger partial charge on any atom is -0.493 e. The van der Waals surface area contributed by atoms with Crippen LogP contribution in [0.5, 0.6) is 17.2 Å². The Morgan fingerprint density at radius 1 is 1.12 bits per heavy atom. The van der Waals surface area contributed by atoms with Gasteiger partial charge in [0.05, 0.1) is 38.6 Å². The van der Waals surface area contributed by atoms with E-state index >= 15 is 0 Å². The molecular weight excluding hydrogens is 352 g/mol. The van der Waals surface area contributed by atoms with Crippen molar-refractivity contribution in [1.29, 1.82) is 0 Å². The quantitative estimate of drug-likeness (QED) is 0.824. The summed E-state index contributed by atoms with van der Waals surface area (Å²) in [5.74, 6) is 1.47. The van der Waals surface area contributed by atoms with Crippen LogP contribution in [0.1, 0.15) is 54.0 Å². The first kappa shape index (κ1) is 20.0. The number of nitrogens with zero attached hydrogens (tertiary/aromatic N) is 1. The van der Waals surface area contributed by atoms with E-state index in [0.29, 0.717) is 22.1 Å². The van der Waals surface area contributed by atoms with Crippen molar-refractivity contribution >= 4 is 17.2 Å². The van der Waals surface area contributed by atoms with Crippen molar-refractivity contribution < 1.29 is 19.0 Å². The van der Waals surface area contributed by atoms with Crippen LogP contribution in [0.25, 0.3) is 0 Å². The minimum absolute atomic E-state index is 0.0778. The zero-order valence-electron chi connectivity index (χ0n) is 16.3. The molecule has 1 aromatic carbocycles. The Kier molecular flexibility index (Phi) is 6.13. The Hall–Kier alpha value is -2.28. The van der Waals surface area contributed by atoms with Gasteiger partial charge in [0.25, 0.3) is 5.91 Å². The Labute approximate surface area is 158 Å². The first-order valence-electron chi connectivity index (χ1n) is 8.28. The Balaban J connectivity index is 2.22. The fraction of sp³-hybridized carbons (Fsp3) is 0.474. The normalized spacial score (nSPS) is 12.4. The summed E-state index contributed by atoms with van der Waals surface area (Å²) >= 11 is 1.41. The van der Waals surface area contributed by atoms with E-state index in [1.165, 1.54) is 11.3 Å². The highest BCUT2D eigenvalue weighted by atomic mass is 32.1. The van der Waals surface area contributed by atoms with E-state index in [1.807, 2.05) is 19.1 Å². The third-order valence-electron chi connectivity index (χ3n) is 3.91. The van der Waals surface area contributed by atoms with Gasteiger partial charge in [-0.25, -0.2) is 4.98 Å². The molecule has 0 radical (unpaired) electrons. The lowest BCUT2D eigenvalue weighted by Crippen LogP contribution is -2.26. The maximum Gasteiger partial charge on any atom is 0.263 e. The Morgan fingerprint density at radius 3 is 2.12 bits per heavy atom. The standard InChI is InChI=1S/C19H26N2O4S/c1-11(12-8-13(23-5)16(25-7)14(9-12)24-6)21-17(22)15-10-20-18(26-15)19(2,3)4/h8-11H,1-7H3,(H,21,22). The minimum atomic E-state index is -0.239. The number of ether oxygens (including phenoxy) is 3. The van der Waals surface area contributed by atoms with E-state index in [-0.39, 0.29) is 17.4 Å². The van der Waals surface area contributed by atoms with E-state index in [1.54, 1.807) is 27.5 Å². The fourth-order valence-electron chi connectivity index (χ4n) is 2.43. The Bertz CT molecular complexity index is 755. The van der Waals surface area contributed by atoms with Crippen LogP contribution < -0.4 is 19.5 Å². The summed E-state index contributed by atoms with van der Waals surface area (Å²) in [5, 5.41) is 3.93. The third kappa shape index (κ3) is 4.27. The molecule has 1 N–H and O–H groups in total. The topological polar surface area (TPSA) is 69.7 Å². The average molecular weight is 378 g/mol. The second kappa shape index (κ2) is 7.95. The molecule has 1 atom stereocenters. The summed E-state index contributed by atoms with van der Waals surface area (Å²) in [5.41, 5.74) is 0.777.